The minimum absolute atomic E-state index is 0.001000. The van der Waals surface area contributed by atoms with E-state index in [4.69, 9.17) is 23.2 Å². The van der Waals surface area contributed by atoms with Gasteiger partial charge in [-0.25, -0.2) is 0 Å². The van der Waals surface area contributed by atoms with Crippen LogP contribution in [0.1, 0.15) is 57.4 Å². The van der Waals surface area contributed by atoms with Crippen LogP contribution in [0.4, 0.5) is 11.4 Å². The van der Waals surface area contributed by atoms with E-state index in [9.17, 15) is 33.6 Å². The van der Waals surface area contributed by atoms with E-state index in [2.05, 4.69) is 10.6 Å². The summed E-state index contributed by atoms with van der Waals surface area (Å²) in [4.78, 5) is 91.4. The molecule has 9 nitrogen and oxygen atoms in total. The van der Waals surface area contributed by atoms with Crippen molar-refractivity contribution in [2.45, 2.75) is 0 Å². The Morgan fingerprint density at radius 2 is 0.886 bits per heavy atom. The predicted molar refractivity (Wildman–Crippen MR) is 161 cm³/mol. The van der Waals surface area contributed by atoms with E-state index < -0.39 is 52.6 Å². The maximum Gasteiger partial charge on any atom is 0.243 e. The van der Waals surface area contributed by atoms with Crippen LogP contribution in [0.2, 0.25) is 10.0 Å². The van der Waals surface area contributed by atoms with Crippen LogP contribution in [0.3, 0.4) is 0 Å². The van der Waals surface area contributed by atoms with Crippen molar-refractivity contribution in [1.82, 2.24) is 0 Å². The van der Waals surface area contributed by atoms with E-state index in [1.165, 1.54) is 48.5 Å². The number of benzene rings is 4. The number of hydrogen-bond acceptors (Lipinski definition) is 7. The van der Waals surface area contributed by atoms with E-state index >= 15 is 0 Å². The molecule has 44 heavy (non-hydrogen) atoms. The number of hydrogen-bond donors (Lipinski definition) is 2. The Balaban J connectivity index is 1.22. The van der Waals surface area contributed by atoms with Crippen LogP contribution in [-0.2, 0) is 9.59 Å². The Morgan fingerprint density at radius 3 is 1.27 bits per heavy atom. The number of anilines is 2. The average molecular weight is 625 g/mol. The summed E-state index contributed by atoms with van der Waals surface area (Å²) < 4.78 is 0. The lowest BCUT2D eigenvalue weighted by Gasteiger charge is -2.09. The van der Waals surface area contributed by atoms with E-state index in [0.29, 0.717) is 21.4 Å². The molecule has 11 heteroatoms. The number of carbonyl (C=O) groups is 7. The summed E-state index contributed by atoms with van der Waals surface area (Å²) in [5.41, 5.74) is 0.490. The molecule has 2 N–H and O–H groups in total. The second-order valence-corrected chi connectivity index (χ2v) is 11.0. The third-order valence-corrected chi connectivity index (χ3v) is 7.85. The highest BCUT2D eigenvalue weighted by Crippen LogP contribution is 2.32. The van der Waals surface area contributed by atoms with E-state index in [0.717, 1.165) is 0 Å². The van der Waals surface area contributed by atoms with Crippen molar-refractivity contribution in [2.24, 2.45) is 11.8 Å². The first-order valence-electron chi connectivity index (χ1n) is 13.2. The number of halogens is 2. The molecular weight excluding hydrogens is 607 g/mol. The standard InChI is InChI=1S/C33H18Cl2N2O7/c34-17-3-1-5-19(13-17)36-32(43)25-28(39)21-9-7-15(11-23(21)30(25)41)27(38)16-8-10-22-24(12-16)31(42)26(29(22)40)33(44)37-20-6-2-4-18(35)14-20/h1-14,25-26H,(H,36,43)(H,37,44). The summed E-state index contributed by atoms with van der Waals surface area (Å²) in [6.07, 6.45) is 0. The van der Waals surface area contributed by atoms with Crippen molar-refractivity contribution in [3.8, 4) is 0 Å². The van der Waals surface area contributed by atoms with Gasteiger partial charge in [0, 0.05) is 54.8 Å². The Labute approximate surface area is 259 Å². The molecular formula is C33H18Cl2N2O7. The van der Waals surface area contributed by atoms with Crippen LogP contribution in [0.25, 0.3) is 0 Å². The van der Waals surface area contributed by atoms with Crippen molar-refractivity contribution in [1.29, 1.82) is 0 Å². The second-order valence-electron chi connectivity index (χ2n) is 10.2. The van der Waals surface area contributed by atoms with E-state index in [1.807, 2.05) is 0 Å². The molecule has 2 unspecified atom stereocenters. The normalized spacial score (nSPS) is 16.9. The van der Waals surface area contributed by atoms with Gasteiger partial charge in [-0.05, 0) is 60.7 Å². The topological polar surface area (TPSA) is 144 Å². The van der Waals surface area contributed by atoms with Crippen molar-refractivity contribution < 1.29 is 33.6 Å². The highest BCUT2D eigenvalue weighted by Gasteiger charge is 2.45. The van der Waals surface area contributed by atoms with Crippen LogP contribution in [0.15, 0.2) is 84.9 Å². The molecule has 2 amide bonds. The third kappa shape index (κ3) is 5.02. The Bertz CT molecular complexity index is 1860. The molecule has 4 aromatic rings. The molecule has 6 rings (SSSR count). The van der Waals surface area contributed by atoms with Gasteiger partial charge < -0.3 is 10.6 Å². The zero-order valence-electron chi connectivity index (χ0n) is 22.4. The first-order chi connectivity index (χ1) is 21.0. The number of amides is 2. The van der Waals surface area contributed by atoms with Crippen molar-refractivity contribution >= 4 is 75.3 Å². The fourth-order valence-corrected chi connectivity index (χ4v) is 5.65. The maximum absolute atomic E-state index is 13.4. The third-order valence-electron chi connectivity index (χ3n) is 7.38. The van der Waals surface area contributed by atoms with E-state index in [-0.39, 0.29) is 33.4 Å². The minimum Gasteiger partial charge on any atom is -0.325 e. The smallest absolute Gasteiger partial charge is 0.243 e. The zero-order valence-corrected chi connectivity index (χ0v) is 23.9. The van der Waals surface area contributed by atoms with Gasteiger partial charge in [0.1, 0.15) is 0 Å². The highest BCUT2D eigenvalue weighted by molar-refractivity contribution is 6.38. The number of ketones is 5. The molecule has 0 fully saturated rings. The molecule has 0 heterocycles. The molecule has 2 atom stereocenters. The fraction of sp³-hybridized carbons (Fsp3) is 0.0606. The molecule has 0 saturated heterocycles. The quantitative estimate of drug-likeness (QED) is 0.213. The Morgan fingerprint density at radius 1 is 0.500 bits per heavy atom. The van der Waals surface area contributed by atoms with Crippen LogP contribution < -0.4 is 10.6 Å². The average Bonchev–Trinajstić information content (AvgIpc) is 3.40. The molecule has 2 aliphatic rings. The number of fused-ring (bicyclic) bond motifs is 2. The maximum atomic E-state index is 13.4. The van der Waals surface area contributed by atoms with Gasteiger partial charge >= 0.3 is 0 Å². The first-order valence-corrected chi connectivity index (χ1v) is 13.9. The van der Waals surface area contributed by atoms with Gasteiger partial charge in [-0.3, -0.25) is 33.6 Å². The largest absolute Gasteiger partial charge is 0.325 e. The summed E-state index contributed by atoms with van der Waals surface area (Å²) in [6.45, 7) is 0. The summed E-state index contributed by atoms with van der Waals surface area (Å²) in [5.74, 6) is -8.45. The molecule has 216 valence electrons. The summed E-state index contributed by atoms with van der Waals surface area (Å²) in [7, 11) is 0. The molecule has 0 saturated carbocycles. The van der Waals surface area contributed by atoms with Gasteiger partial charge in [-0.15, -0.1) is 0 Å². The molecule has 0 aliphatic heterocycles. The molecule has 0 radical (unpaired) electrons. The van der Waals surface area contributed by atoms with Gasteiger partial charge in [0.15, 0.2) is 40.8 Å². The summed E-state index contributed by atoms with van der Waals surface area (Å²) in [6, 6.07) is 20.2. The zero-order chi connectivity index (χ0) is 31.3. The van der Waals surface area contributed by atoms with Crippen molar-refractivity contribution in [3.63, 3.8) is 0 Å². The van der Waals surface area contributed by atoms with Gasteiger partial charge in [0.2, 0.25) is 11.8 Å². The lowest BCUT2D eigenvalue weighted by molar-refractivity contribution is -0.118. The predicted octanol–water partition coefficient (Wildman–Crippen LogP) is 5.49. The number of carbonyl (C=O) groups excluding carboxylic acids is 7. The number of rotatable bonds is 6. The Kier molecular flexibility index (Phi) is 7.28. The molecule has 4 aromatic carbocycles. The van der Waals surface area contributed by atoms with Gasteiger partial charge in [0.05, 0.1) is 0 Å². The van der Waals surface area contributed by atoms with Gasteiger partial charge in [-0.1, -0.05) is 47.5 Å². The monoisotopic (exact) mass is 624 g/mol. The fourth-order valence-electron chi connectivity index (χ4n) is 5.27. The minimum atomic E-state index is -1.63. The summed E-state index contributed by atoms with van der Waals surface area (Å²) >= 11 is 11.9. The van der Waals surface area contributed by atoms with Crippen molar-refractivity contribution in [3.05, 3.63) is 128 Å². The van der Waals surface area contributed by atoms with Gasteiger partial charge in [-0.2, -0.15) is 0 Å². The SMILES string of the molecule is O=C(c1ccc2c(c1)C(=O)C(C(=O)Nc1cccc(Cl)c1)C2=O)c1ccc2c(c1)C(=O)C(C(=O)Nc1cccc(Cl)c1)C2=O. The van der Waals surface area contributed by atoms with Gasteiger partial charge in [0.25, 0.3) is 0 Å². The van der Waals surface area contributed by atoms with Crippen LogP contribution in [0, 0.1) is 11.8 Å². The molecule has 0 bridgehead atoms. The van der Waals surface area contributed by atoms with Crippen LogP contribution >= 0.6 is 23.2 Å². The number of Topliss-reactive ketones (excluding diaryl/α,β-unsaturated/α-hetero) is 4. The molecule has 0 aromatic heterocycles. The van der Waals surface area contributed by atoms with Crippen LogP contribution in [0.5, 0.6) is 0 Å². The lowest BCUT2D eigenvalue weighted by Crippen LogP contribution is -2.31. The van der Waals surface area contributed by atoms with Crippen LogP contribution in [-0.4, -0.2) is 40.7 Å². The molecule has 2 aliphatic carbocycles. The lowest BCUT2D eigenvalue weighted by atomic mass is 9.96. The van der Waals surface area contributed by atoms with E-state index in [1.54, 1.807) is 36.4 Å². The molecule has 0 spiro atoms. The number of nitrogens with one attached hydrogen (secondary N) is 2. The van der Waals surface area contributed by atoms with Crippen molar-refractivity contribution in [2.75, 3.05) is 10.6 Å². The second kappa shape index (κ2) is 11.1. The summed E-state index contributed by atoms with van der Waals surface area (Å²) in [5, 5.41) is 5.74. The first kappa shape index (κ1) is 28.9. The Hall–Kier alpha value is -5.25. The highest BCUT2D eigenvalue weighted by atomic mass is 35.5.